The average Bonchev–Trinajstić information content (AvgIpc) is 2.67. The van der Waals surface area contributed by atoms with Crippen LogP contribution in [0.2, 0.25) is 0 Å². The molecule has 2 aromatic carbocycles. The Labute approximate surface area is 158 Å². The van der Waals surface area contributed by atoms with E-state index in [0.717, 1.165) is 12.1 Å². The highest BCUT2D eigenvalue weighted by atomic mass is 19.4. The van der Waals surface area contributed by atoms with Gasteiger partial charge in [0.05, 0.1) is 5.56 Å². The summed E-state index contributed by atoms with van der Waals surface area (Å²) in [6.45, 7) is -0.327. The van der Waals surface area contributed by atoms with Gasteiger partial charge in [0.2, 0.25) is 0 Å². The molecule has 0 saturated heterocycles. The van der Waals surface area contributed by atoms with Crippen LogP contribution in [-0.4, -0.2) is 22.5 Å². The zero-order chi connectivity index (χ0) is 20.0. The van der Waals surface area contributed by atoms with E-state index in [1.54, 1.807) is 30.3 Å². The molecule has 0 aliphatic carbocycles. The van der Waals surface area contributed by atoms with Crippen LogP contribution >= 0.6 is 0 Å². The molecule has 1 N–H and O–H groups in total. The third kappa shape index (κ3) is 5.44. The fourth-order valence-corrected chi connectivity index (χ4v) is 2.16. The van der Waals surface area contributed by atoms with Crippen LogP contribution in [0, 0.1) is 0 Å². The summed E-state index contributed by atoms with van der Waals surface area (Å²) in [5, 5.41) is 2.46. The lowest BCUT2D eigenvalue weighted by Gasteiger charge is -2.10. The van der Waals surface area contributed by atoms with Crippen molar-refractivity contribution in [3.8, 4) is 17.5 Å². The third-order valence-electron chi connectivity index (χ3n) is 3.42. The number of hydrogen-bond acceptors (Lipinski definition) is 5. The summed E-state index contributed by atoms with van der Waals surface area (Å²) in [5.74, 6) is 0.278. The normalized spacial score (nSPS) is 11.0. The smallest absolute Gasteiger partial charge is 0.416 e. The lowest BCUT2D eigenvalue weighted by atomic mass is 10.2. The fourth-order valence-electron chi connectivity index (χ4n) is 2.16. The van der Waals surface area contributed by atoms with Crippen molar-refractivity contribution in [2.75, 3.05) is 11.9 Å². The van der Waals surface area contributed by atoms with Crippen LogP contribution in [0.1, 0.15) is 5.56 Å². The van der Waals surface area contributed by atoms with Crippen LogP contribution in [-0.2, 0) is 11.0 Å². The number of carbonyl (C=O) groups excluding carboxylic acids is 1. The van der Waals surface area contributed by atoms with Crippen molar-refractivity contribution < 1.29 is 27.4 Å². The first-order valence-corrected chi connectivity index (χ1v) is 8.05. The molecule has 0 unspecified atom stereocenters. The van der Waals surface area contributed by atoms with Crippen LogP contribution in [0.15, 0.2) is 67.0 Å². The maximum Gasteiger partial charge on any atom is 0.416 e. The number of alkyl halides is 3. The molecule has 3 rings (SSSR count). The first-order chi connectivity index (χ1) is 13.4. The van der Waals surface area contributed by atoms with Gasteiger partial charge in [-0.25, -0.2) is 9.97 Å². The quantitative estimate of drug-likeness (QED) is 0.680. The van der Waals surface area contributed by atoms with Gasteiger partial charge in [-0.05, 0) is 42.5 Å². The Morgan fingerprint density at radius 3 is 2.32 bits per heavy atom. The Morgan fingerprint density at radius 2 is 1.64 bits per heavy atom. The number of benzene rings is 2. The highest BCUT2D eigenvalue weighted by molar-refractivity contribution is 5.91. The Balaban J connectivity index is 1.54. The minimum atomic E-state index is -4.43. The molecule has 1 heterocycles. The van der Waals surface area contributed by atoms with Gasteiger partial charge in [0.25, 0.3) is 5.91 Å². The lowest BCUT2D eigenvalue weighted by molar-refractivity contribution is -0.137. The van der Waals surface area contributed by atoms with E-state index >= 15 is 0 Å². The van der Waals surface area contributed by atoms with Crippen LogP contribution < -0.4 is 14.8 Å². The second-order valence-corrected chi connectivity index (χ2v) is 5.52. The molecule has 6 nitrogen and oxygen atoms in total. The zero-order valence-corrected chi connectivity index (χ0v) is 14.3. The van der Waals surface area contributed by atoms with Crippen LogP contribution in [0.25, 0.3) is 0 Å². The number of rotatable bonds is 6. The highest BCUT2D eigenvalue weighted by Gasteiger charge is 2.29. The monoisotopic (exact) mass is 389 g/mol. The van der Waals surface area contributed by atoms with Gasteiger partial charge in [0.15, 0.2) is 6.61 Å². The van der Waals surface area contributed by atoms with Crippen molar-refractivity contribution >= 4 is 11.6 Å². The van der Waals surface area contributed by atoms with Gasteiger partial charge in [-0.1, -0.05) is 6.07 Å². The molecule has 0 aliphatic heterocycles. The first-order valence-electron chi connectivity index (χ1n) is 8.05. The van der Waals surface area contributed by atoms with E-state index in [4.69, 9.17) is 9.47 Å². The summed E-state index contributed by atoms with van der Waals surface area (Å²) in [7, 11) is 0. The van der Waals surface area contributed by atoms with Crippen molar-refractivity contribution in [3.63, 3.8) is 0 Å². The number of amides is 1. The average molecular weight is 389 g/mol. The molecule has 28 heavy (non-hydrogen) atoms. The third-order valence-corrected chi connectivity index (χ3v) is 3.42. The number of hydrogen-bond donors (Lipinski definition) is 1. The van der Waals surface area contributed by atoms with E-state index in [1.807, 2.05) is 0 Å². The zero-order valence-electron chi connectivity index (χ0n) is 14.3. The summed E-state index contributed by atoms with van der Waals surface area (Å²) in [6.07, 6.45) is -1.36. The molecular formula is C19H14F3N3O3. The van der Waals surface area contributed by atoms with Crippen LogP contribution in [0.3, 0.4) is 0 Å². The van der Waals surface area contributed by atoms with Gasteiger partial charge in [-0.3, -0.25) is 4.79 Å². The molecule has 144 valence electrons. The lowest BCUT2D eigenvalue weighted by Crippen LogP contribution is -2.20. The Morgan fingerprint density at radius 1 is 0.964 bits per heavy atom. The summed E-state index contributed by atoms with van der Waals surface area (Å²) in [4.78, 5) is 19.8. The van der Waals surface area contributed by atoms with Crippen LogP contribution in [0.5, 0.6) is 17.5 Å². The predicted molar refractivity (Wildman–Crippen MR) is 94.1 cm³/mol. The Bertz CT molecular complexity index is 932. The Hall–Kier alpha value is -3.62. The summed E-state index contributed by atoms with van der Waals surface area (Å²) < 4.78 is 48.5. The van der Waals surface area contributed by atoms with E-state index in [1.165, 1.54) is 24.5 Å². The molecule has 1 aromatic heterocycles. The van der Waals surface area contributed by atoms with Gasteiger partial charge in [0, 0.05) is 24.1 Å². The maximum absolute atomic E-state index is 12.5. The number of ether oxygens (including phenoxy) is 2. The summed E-state index contributed by atoms with van der Waals surface area (Å²) in [6, 6.07) is 12.5. The van der Waals surface area contributed by atoms with Crippen molar-refractivity contribution in [2.45, 2.75) is 6.18 Å². The van der Waals surface area contributed by atoms with E-state index in [9.17, 15) is 18.0 Å². The van der Waals surface area contributed by atoms with Crippen LogP contribution in [0.4, 0.5) is 18.9 Å². The van der Waals surface area contributed by atoms with Crippen molar-refractivity contribution in [3.05, 3.63) is 72.6 Å². The first kappa shape index (κ1) is 19.2. The second-order valence-electron chi connectivity index (χ2n) is 5.52. The molecule has 0 atom stereocenters. The number of carbonyl (C=O) groups is 1. The molecule has 0 aliphatic rings. The largest absolute Gasteiger partial charge is 0.484 e. The molecule has 0 spiro atoms. The molecule has 0 radical (unpaired) electrons. The van der Waals surface area contributed by atoms with Crippen molar-refractivity contribution in [2.24, 2.45) is 0 Å². The van der Waals surface area contributed by atoms with Crippen molar-refractivity contribution in [1.29, 1.82) is 0 Å². The SMILES string of the molecule is O=C(COc1cccc(Oc2ncccn2)c1)Nc1ccc(C(F)(F)F)cc1. The van der Waals surface area contributed by atoms with E-state index in [-0.39, 0.29) is 18.3 Å². The highest BCUT2D eigenvalue weighted by Crippen LogP contribution is 2.29. The number of aromatic nitrogens is 2. The molecule has 0 bridgehead atoms. The van der Waals surface area contributed by atoms with Gasteiger partial charge in [-0.2, -0.15) is 13.2 Å². The molecule has 1 amide bonds. The van der Waals surface area contributed by atoms with Gasteiger partial charge >= 0.3 is 12.2 Å². The molecule has 0 fully saturated rings. The van der Waals surface area contributed by atoms with E-state index < -0.39 is 17.6 Å². The standard InChI is InChI=1S/C19H14F3N3O3/c20-19(21,22)13-5-7-14(8-6-13)25-17(26)12-27-15-3-1-4-16(11-15)28-18-23-9-2-10-24-18/h1-11H,12H2,(H,25,26). The molecular weight excluding hydrogens is 375 g/mol. The number of halogens is 3. The molecule has 0 saturated carbocycles. The number of nitrogens with zero attached hydrogens (tertiary/aromatic N) is 2. The van der Waals surface area contributed by atoms with E-state index in [0.29, 0.717) is 11.5 Å². The molecule has 3 aromatic rings. The maximum atomic E-state index is 12.5. The summed E-state index contributed by atoms with van der Waals surface area (Å²) in [5.41, 5.74) is -0.555. The molecule has 9 heteroatoms. The topological polar surface area (TPSA) is 73.3 Å². The number of anilines is 1. The Kier molecular flexibility index (Phi) is 5.73. The number of nitrogens with one attached hydrogen (secondary N) is 1. The van der Waals surface area contributed by atoms with E-state index in [2.05, 4.69) is 15.3 Å². The predicted octanol–water partition coefficient (Wildman–Crippen LogP) is 4.31. The van der Waals surface area contributed by atoms with Gasteiger partial charge < -0.3 is 14.8 Å². The minimum Gasteiger partial charge on any atom is -0.484 e. The second kappa shape index (κ2) is 8.38. The summed E-state index contributed by atoms with van der Waals surface area (Å²) >= 11 is 0. The fraction of sp³-hybridized carbons (Fsp3) is 0.105. The van der Waals surface area contributed by atoms with Gasteiger partial charge in [-0.15, -0.1) is 0 Å². The van der Waals surface area contributed by atoms with Gasteiger partial charge in [0.1, 0.15) is 11.5 Å². The van der Waals surface area contributed by atoms with Crippen molar-refractivity contribution in [1.82, 2.24) is 9.97 Å². The minimum absolute atomic E-state index is 0.166.